The van der Waals surface area contributed by atoms with Crippen LogP contribution in [0.4, 0.5) is 0 Å². The molecule has 1 rings (SSSR count). The minimum atomic E-state index is -0.385. The van der Waals surface area contributed by atoms with Gasteiger partial charge in [-0.05, 0) is 6.92 Å². The first kappa shape index (κ1) is 8.97. The molecule has 11 heavy (non-hydrogen) atoms. The van der Waals surface area contributed by atoms with E-state index in [4.69, 9.17) is 9.47 Å². The summed E-state index contributed by atoms with van der Waals surface area (Å²) < 4.78 is 10.8. The van der Waals surface area contributed by atoms with E-state index >= 15 is 0 Å². The zero-order valence-electron chi connectivity index (χ0n) is 7.52. The van der Waals surface area contributed by atoms with E-state index in [0.29, 0.717) is 6.04 Å². The van der Waals surface area contributed by atoms with Crippen molar-refractivity contribution in [2.45, 2.75) is 32.6 Å². The lowest BCUT2D eigenvalue weighted by Crippen LogP contribution is -2.41. The van der Waals surface area contributed by atoms with E-state index in [9.17, 15) is 0 Å². The van der Waals surface area contributed by atoms with Crippen molar-refractivity contribution in [2.75, 3.05) is 19.8 Å². The normalized spacial score (nSPS) is 22.9. The third kappa shape index (κ3) is 2.77. The smallest absolute Gasteiger partial charge is 0.178 e. The Hall–Kier alpha value is -0.120. The molecule has 1 heterocycles. The van der Waals surface area contributed by atoms with Crippen molar-refractivity contribution in [1.82, 2.24) is 5.32 Å². The molecule has 0 saturated carbocycles. The van der Waals surface area contributed by atoms with E-state index in [0.717, 1.165) is 19.8 Å². The molecule has 3 heteroatoms. The average molecular weight is 159 g/mol. The van der Waals surface area contributed by atoms with E-state index in [1.807, 2.05) is 6.92 Å². The predicted molar refractivity (Wildman–Crippen MR) is 43.4 cm³/mol. The third-order valence-corrected chi connectivity index (χ3v) is 1.73. The van der Waals surface area contributed by atoms with Gasteiger partial charge in [-0.25, -0.2) is 0 Å². The monoisotopic (exact) mass is 159 g/mol. The van der Waals surface area contributed by atoms with Gasteiger partial charge in [-0.1, -0.05) is 13.8 Å². The van der Waals surface area contributed by atoms with Gasteiger partial charge in [0.2, 0.25) is 0 Å². The van der Waals surface area contributed by atoms with Crippen LogP contribution in [0.5, 0.6) is 0 Å². The molecule has 66 valence electrons. The van der Waals surface area contributed by atoms with Crippen LogP contribution >= 0.6 is 0 Å². The molecule has 0 spiro atoms. The molecule has 1 N–H and O–H groups in total. The van der Waals surface area contributed by atoms with E-state index in [1.165, 1.54) is 0 Å². The molecule has 0 radical (unpaired) electrons. The van der Waals surface area contributed by atoms with Crippen LogP contribution in [0, 0.1) is 0 Å². The van der Waals surface area contributed by atoms with E-state index < -0.39 is 0 Å². The lowest BCUT2D eigenvalue weighted by atomic mass is 10.3. The van der Waals surface area contributed by atoms with Crippen molar-refractivity contribution in [3.05, 3.63) is 0 Å². The Balaban J connectivity index is 2.23. The zero-order valence-corrected chi connectivity index (χ0v) is 7.52. The highest BCUT2D eigenvalue weighted by atomic mass is 16.7. The largest absolute Gasteiger partial charge is 0.347 e. The quantitative estimate of drug-likeness (QED) is 0.659. The van der Waals surface area contributed by atoms with E-state index in [-0.39, 0.29) is 5.79 Å². The van der Waals surface area contributed by atoms with Crippen LogP contribution in [0.2, 0.25) is 0 Å². The lowest BCUT2D eigenvalue weighted by Gasteiger charge is -2.23. The summed E-state index contributed by atoms with van der Waals surface area (Å²) in [5, 5.41) is 3.28. The predicted octanol–water partition coefficient (Wildman–Crippen LogP) is 0.747. The van der Waals surface area contributed by atoms with Crippen molar-refractivity contribution < 1.29 is 9.47 Å². The first-order chi connectivity index (χ1) is 5.12. The maximum absolute atomic E-state index is 5.41. The Morgan fingerprint density at radius 1 is 1.36 bits per heavy atom. The van der Waals surface area contributed by atoms with Crippen LogP contribution < -0.4 is 5.32 Å². The molecule has 0 bridgehead atoms. The highest BCUT2D eigenvalue weighted by molar-refractivity contribution is 4.72. The van der Waals surface area contributed by atoms with Gasteiger partial charge in [-0.3, -0.25) is 0 Å². The maximum atomic E-state index is 5.41. The summed E-state index contributed by atoms with van der Waals surface area (Å²) in [5.41, 5.74) is 0. The lowest BCUT2D eigenvalue weighted by molar-refractivity contribution is -0.138. The fourth-order valence-electron chi connectivity index (χ4n) is 1.05. The van der Waals surface area contributed by atoms with Crippen molar-refractivity contribution >= 4 is 0 Å². The molecule has 0 aromatic carbocycles. The van der Waals surface area contributed by atoms with Gasteiger partial charge >= 0.3 is 0 Å². The summed E-state index contributed by atoms with van der Waals surface area (Å²) in [6, 6.07) is 0.486. The van der Waals surface area contributed by atoms with Crippen LogP contribution in [0.15, 0.2) is 0 Å². The first-order valence-electron chi connectivity index (χ1n) is 4.14. The second-order valence-corrected chi connectivity index (χ2v) is 3.37. The Morgan fingerprint density at radius 2 is 1.91 bits per heavy atom. The average Bonchev–Trinajstić information content (AvgIpc) is 2.33. The Labute approximate surface area is 68.1 Å². The molecule has 0 aliphatic carbocycles. The SMILES string of the molecule is CC(C)NCC1(C)OCCO1. The standard InChI is InChI=1S/C8H17NO2/c1-7(2)9-6-8(3)10-4-5-11-8/h7,9H,4-6H2,1-3H3. The van der Waals surface area contributed by atoms with Gasteiger partial charge in [0.05, 0.1) is 13.2 Å². The molecule has 1 fully saturated rings. The molecule has 0 aromatic heterocycles. The van der Waals surface area contributed by atoms with E-state index in [2.05, 4.69) is 19.2 Å². The molecule has 0 unspecified atom stereocenters. The van der Waals surface area contributed by atoms with Gasteiger partial charge in [-0.15, -0.1) is 0 Å². The number of hydrogen-bond acceptors (Lipinski definition) is 3. The maximum Gasteiger partial charge on any atom is 0.178 e. The molecular formula is C8H17NO2. The van der Waals surface area contributed by atoms with Crippen molar-refractivity contribution in [2.24, 2.45) is 0 Å². The summed E-state index contributed by atoms with van der Waals surface area (Å²) in [7, 11) is 0. The minimum absolute atomic E-state index is 0.385. The zero-order chi connectivity index (χ0) is 8.32. The van der Waals surface area contributed by atoms with Crippen LogP contribution in [-0.4, -0.2) is 31.6 Å². The number of rotatable bonds is 3. The summed E-state index contributed by atoms with van der Waals surface area (Å²) in [4.78, 5) is 0. The highest BCUT2D eigenvalue weighted by Crippen LogP contribution is 2.16. The van der Waals surface area contributed by atoms with Gasteiger partial charge in [0.1, 0.15) is 0 Å². The molecular weight excluding hydrogens is 142 g/mol. The van der Waals surface area contributed by atoms with Gasteiger partial charge in [0, 0.05) is 12.6 Å². The summed E-state index contributed by atoms with van der Waals surface area (Å²) in [5.74, 6) is -0.385. The van der Waals surface area contributed by atoms with E-state index in [1.54, 1.807) is 0 Å². The van der Waals surface area contributed by atoms with Crippen LogP contribution in [0.25, 0.3) is 0 Å². The number of ether oxygens (including phenoxy) is 2. The topological polar surface area (TPSA) is 30.5 Å². The van der Waals surface area contributed by atoms with Crippen LogP contribution in [-0.2, 0) is 9.47 Å². The van der Waals surface area contributed by atoms with Gasteiger partial charge in [0.25, 0.3) is 0 Å². The highest BCUT2D eigenvalue weighted by Gasteiger charge is 2.30. The van der Waals surface area contributed by atoms with Gasteiger partial charge < -0.3 is 14.8 Å². The van der Waals surface area contributed by atoms with Crippen molar-refractivity contribution in [1.29, 1.82) is 0 Å². The Morgan fingerprint density at radius 3 is 2.36 bits per heavy atom. The number of nitrogens with one attached hydrogen (secondary N) is 1. The molecule has 1 saturated heterocycles. The van der Waals surface area contributed by atoms with Crippen molar-refractivity contribution in [3.63, 3.8) is 0 Å². The van der Waals surface area contributed by atoms with Crippen LogP contribution in [0.1, 0.15) is 20.8 Å². The molecule has 1 aliphatic heterocycles. The summed E-state index contributed by atoms with van der Waals surface area (Å²) in [6.45, 7) is 8.39. The second kappa shape index (κ2) is 3.52. The Bertz CT molecular complexity index is 119. The molecule has 1 aliphatic rings. The van der Waals surface area contributed by atoms with Crippen molar-refractivity contribution in [3.8, 4) is 0 Å². The second-order valence-electron chi connectivity index (χ2n) is 3.37. The fraction of sp³-hybridized carbons (Fsp3) is 1.00. The van der Waals surface area contributed by atoms with Gasteiger partial charge in [0.15, 0.2) is 5.79 Å². The first-order valence-corrected chi connectivity index (χ1v) is 4.14. The van der Waals surface area contributed by atoms with Crippen LogP contribution in [0.3, 0.4) is 0 Å². The minimum Gasteiger partial charge on any atom is -0.347 e. The molecule has 3 nitrogen and oxygen atoms in total. The summed E-state index contributed by atoms with van der Waals surface area (Å²) >= 11 is 0. The van der Waals surface area contributed by atoms with Gasteiger partial charge in [-0.2, -0.15) is 0 Å². The Kier molecular flexibility index (Phi) is 2.87. The molecule has 0 atom stereocenters. The number of hydrogen-bond donors (Lipinski definition) is 1. The summed E-state index contributed by atoms with van der Waals surface area (Å²) in [6.07, 6.45) is 0. The molecule has 0 aromatic rings. The molecule has 0 amide bonds. The third-order valence-electron chi connectivity index (χ3n) is 1.73. The fourth-order valence-corrected chi connectivity index (χ4v) is 1.05.